The summed E-state index contributed by atoms with van der Waals surface area (Å²) in [4.78, 5) is 26.4. The van der Waals surface area contributed by atoms with Gasteiger partial charge in [0.25, 0.3) is 0 Å². The molecule has 0 saturated carbocycles. The fourth-order valence-corrected chi connectivity index (χ4v) is 4.47. The second kappa shape index (κ2) is 11.1. The summed E-state index contributed by atoms with van der Waals surface area (Å²) in [5.41, 5.74) is 13.5. The first kappa shape index (κ1) is 27.4. The number of nitrogen functional groups attached to an aromatic ring is 1. The molecule has 2 aromatic carbocycles. The molecule has 0 saturated heterocycles. The number of rotatable bonds is 6. The van der Waals surface area contributed by atoms with Gasteiger partial charge in [-0.25, -0.2) is 19.7 Å². The van der Waals surface area contributed by atoms with E-state index >= 15 is 0 Å². The lowest BCUT2D eigenvalue weighted by molar-refractivity contribution is 0.0589. The molecule has 10 nitrogen and oxygen atoms in total. The summed E-state index contributed by atoms with van der Waals surface area (Å²) in [5, 5.41) is 4.55. The zero-order valence-corrected chi connectivity index (χ0v) is 25.1. The molecule has 0 aliphatic rings. The summed E-state index contributed by atoms with van der Waals surface area (Å²) in [5.74, 6) is 0.534. The molecule has 0 bridgehead atoms. The number of benzene rings is 2. The van der Waals surface area contributed by atoms with Crippen molar-refractivity contribution in [3.8, 4) is 5.69 Å². The van der Waals surface area contributed by atoms with Crippen LogP contribution in [0.1, 0.15) is 20.8 Å². The van der Waals surface area contributed by atoms with Crippen LogP contribution in [0.15, 0.2) is 88.3 Å². The number of carbonyl (C=O) groups excluding carboxylic acids is 1. The van der Waals surface area contributed by atoms with Crippen molar-refractivity contribution in [3.63, 3.8) is 0 Å². The predicted molar refractivity (Wildman–Crippen MR) is 165 cm³/mol. The van der Waals surface area contributed by atoms with E-state index in [4.69, 9.17) is 10.5 Å². The number of carbonyl (C=O) groups is 1. The van der Waals surface area contributed by atoms with E-state index in [0.29, 0.717) is 22.9 Å². The molecular weight excluding hydrogens is 640 g/mol. The minimum atomic E-state index is -0.683. The Morgan fingerprint density at radius 1 is 0.925 bits per heavy atom. The van der Waals surface area contributed by atoms with Crippen molar-refractivity contribution in [2.24, 2.45) is 0 Å². The molecule has 0 unspecified atom stereocenters. The van der Waals surface area contributed by atoms with Crippen LogP contribution in [0.4, 0.5) is 33.4 Å². The molecule has 5 aromatic rings. The normalized spacial score (nSPS) is 11.3. The van der Waals surface area contributed by atoms with Crippen molar-refractivity contribution in [2.45, 2.75) is 26.4 Å². The monoisotopic (exact) mass is 664 g/mol. The highest BCUT2D eigenvalue weighted by molar-refractivity contribution is 9.10. The van der Waals surface area contributed by atoms with Gasteiger partial charge in [0.15, 0.2) is 11.5 Å². The van der Waals surface area contributed by atoms with Gasteiger partial charge >= 0.3 is 6.09 Å². The van der Waals surface area contributed by atoms with Gasteiger partial charge in [0.05, 0.1) is 17.1 Å². The Balaban J connectivity index is 1.38. The number of nitrogens with one attached hydrogen (secondary N) is 2. The minimum Gasteiger partial charge on any atom is -0.442 e. The highest BCUT2D eigenvalue weighted by Crippen LogP contribution is 2.27. The standard InChI is InChI=1S/C28H26Br2N8O2/c1-28(2,3)40-27(39)38(22-10-4-19(5-11-22)35-25-23(31)12-17(29)14-32-25)36-20-6-8-21(9-7-20)37-16-34-24-13-18(30)15-33-26(24)37/h4-16,36H,31H2,1-3H3,(H,32,35). The van der Waals surface area contributed by atoms with E-state index in [2.05, 4.69) is 57.6 Å². The highest BCUT2D eigenvalue weighted by Gasteiger charge is 2.24. The summed E-state index contributed by atoms with van der Waals surface area (Å²) in [6.07, 6.45) is 4.58. The van der Waals surface area contributed by atoms with Crippen LogP contribution >= 0.6 is 31.9 Å². The first-order chi connectivity index (χ1) is 19.1. The maximum atomic E-state index is 13.2. The molecule has 1 amide bonds. The van der Waals surface area contributed by atoms with Gasteiger partial charge in [-0.3, -0.25) is 9.99 Å². The van der Waals surface area contributed by atoms with Crippen molar-refractivity contribution >= 4 is 77.7 Å². The number of amides is 1. The van der Waals surface area contributed by atoms with Crippen LogP contribution in [0, 0.1) is 0 Å². The Morgan fingerprint density at radius 3 is 2.25 bits per heavy atom. The van der Waals surface area contributed by atoms with Gasteiger partial charge in [0.1, 0.15) is 17.4 Å². The summed E-state index contributed by atoms with van der Waals surface area (Å²) >= 11 is 6.79. The van der Waals surface area contributed by atoms with E-state index in [1.807, 2.05) is 67.8 Å². The van der Waals surface area contributed by atoms with Gasteiger partial charge in [-0.05, 0) is 113 Å². The zero-order valence-electron chi connectivity index (χ0n) is 21.9. The first-order valence-corrected chi connectivity index (χ1v) is 13.8. The molecule has 12 heteroatoms. The number of halogens is 2. The van der Waals surface area contributed by atoms with E-state index in [1.165, 1.54) is 5.01 Å². The number of hydrogen-bond acceptors (Lipinski definition) is 8. The number of anilines is 5. The average Bonchev–Trinajstić information content (AvgIpc) is 3.32. The number of nitrogens with zero attached hydrogens (tertiary/aromatic N) is 5. The van der Waals surface area contributed by atoms with Gasteiger partial charge < -0.3 is 15.8 Å². The van der Waals surface area contributed by atoms with Crippen LogP contribution in [0.2, 0.25) is 0 Å². The molecule has 0 spiro atoms. The molecule has 204 valence electrons. The van der Waals surface area contributed by atoms with Gasteiger partial charge in [-0.1, -0.05) is 0 Å². The van der Waals surface area contributed by atoms with E-state index in [9.17, 15) is 4.79 Å². The Hall–Kier alpha value is -4.16. The van der Waals surface area contributed by atoms with Gasteiger partial charge in [0.2, 0.25) is 0 Å². The Morgan fingerprint density at radius 2 is 1.57 bits per heavy atom. The third kappa shape index (κ3) is 6.35. The Bertz CT molecular complexity index is 1670. The summed E-state index contributed by atoms with van der Waals surface area (Å²) < 4.78 is 9.23. The van der Waals surface area contributed by atoms with Crippen molar-refractivity contribution in [1.29, 1.82) is 0 Å². The van der Waals surface area contributed by atoms with Crippen LogP contribution in [0.5, 0.6) is 0 Å². The van der Waals surface area contributed by atoms with Crippen molar-refractivity contribution in [1.82, 2.24) is 19.5 Å². The maximum Gasteiger partial charge on any atom is 0.433 e. The van der Waals surface area contributed by atoms with Crippen LogP contribution in [-0.2, 0) is 4.74 Å². The van der Waals surface area contributed by atoms with E-state index in [-0.39, 0.29) is 0 Å². The topological polar surface area (TPSA) is 123 Å². The smallest absolute Gasteiger partial charge is 0.433 e. The molecule has 0 aliphatic heterocycles. The summed E-state index contributed by atoms with van der Waals surface area (Å²) in [6.45, 7) is 5.47. The third-order valence-electron chi connectivity index (χ3n) is 5.59. The second-order valence-corrected chi connectivity index (χ2v) is 11.7. The number of aromatic nitrogens is 4. The summed E-state index contributed by atoms with van der Waals surface area (Å²) in [6, 6.07) is 18.5. The molecule has 4 N–H and O–H groups in total. The van der Waals surface area contributed by atoms with Crippen molar-refractivity contribution < 1.29 is 9.53 Å². The summed E-state index contributed by atoms with van der Waals surface area (Å²) in [7, 11) is 0. The minimum absolute atomic E-state index is 0.506. The molecular formula is C28H26Br2N8O2. The van der Waals surface area contributed by atoms with E-state index in [1.54, 1.807) is 36.9 Å². The zero-order chi connectivity index (χ0) is 28.4. The van der Waals surface area contributed by atoms with Crippen LogP contribution in [0.3, 0.4) is 0 Å². The number of hydrogen-bond donors (Lipinski definition) is 3. The SMILES string of the molecule is CC(C)(C)OC(=O)N(Nc1ccc(-n2cnc3cc(Br)cnc32)cc1)c1ccc(Nc2ncc(Br)cc2N)cc1. The largest absolute Gasteiger partial charge is 0.442 e. The third-order valence-corrected chi connectivity index (χ3v) is 6.46. The molecule has 3 aromatic heterocycles. The maximum absolute atomic E-state index is 13.2. The molecule has 40 heavy (non-hydrogen) atoms. The van der Waals surface area contributed by atoms with Gasteiger partial charge in [-0.15, -0.1) is 0 Å². The number of ether oxygens (including phenoxy) is 1. The predicted octanol–water partition coefficient (Wildman–Crippen LogP) is 7.43. The van der Waals surface area contributed by atoms with Crippen molar-refractivity contribution in [3.05, 3.63) is 88.3 Å². The fourth-order valence-electron chi connectivity index (χ4n) is 3.80. The molecule has 3 heterocycles. The second-order valence-electron chi connectivity index (χ2n) is 9.85. The Kier molecular flexibility index (Phi) is 7.63. The van der Waals surface area contributed by atoms with Gasteiger partial charge in [0, 0.05) is 32.7 Å². The average molecular weight is 666 g/mol. The van der Waals surface area contributed by atoms with E-state index < -0.39 is 11.7 Å². The van der Waals surface area contributed by atoms with Crippen LogP contribution < -0.4 is 21.5 Å². The quantitative estimate of drug-likeness (QED) is 0.160. The Labute approximate surface area is 247 Å². The molecule has 0 radical (unpaired) electrons. The van der Waals surface area contributed by atoms with Crippen LogP contribution in [-0.4, -0.2) is 31.2 Å². The lowest BCUT2D eigenvalue weighted by Gasteiger charge is -2.28. The van der Waals surface area contributed by atoms with Crippen LogP contribution in [0.25, 0.3) is 16.9 Å². The number of hydrazine groups is 1. The van der Waals surface area contributed by atoms with Gasteiger partial charge in [-0.2, -0.15) is 5.01 Å². The lowest BCUT2D eigenvalue weighted by atomic mass is 10.2. The number of pyridine rings is 2. The molecule has 0 fully saturated rings. The number of nitrogens with two attached hydrogens (primary N) is 1. The molecule has 0 atom stereocenters. The number of imidazole rings is 1. The van der Waals surface area contributed by atoms with E-state index in [0.717, 1.165) is 31.5 Å². The molecule has 5 rings (SSSR count). The highest BCUT2D eigenvalue weighted by atomic mass is 79.9. The molecule has 0 aliphatic carbocycles. The first-order valence-electron chi connectivity index (χ1n) is 12.2. The fraction of sp³-hybridized carbons (Fsp3) is 0.143. The van der Waals surface area contributed by atoms with Crippen molar-refractivity contribution in [2.75, 3.05) is 21.5 Å². The lowest BCUT2D eigenvalue weighted by Crippen LogP contribution is -2.40. The number of fused-ring (bicyclic) bond motifs is 1.